The van der Waals surface area contributed by atoms with E-state index in [1.807, 2.05) is 0 Å². The zero-order valence-electron chi connectivity index (χ0n) is 3.47. The highest BCUT2D eigenvalue weighted by molar-refractivity contribution is 6.27. The number of nitrogens with one attached hydrogen (secondary N) is 1. The summed E-state index contributed by atoms with van der Waals surface area (Å²) in [6.07, 6.45) is 1.06. The minimum absolute atomic E-state index is 0.248. The van der Waals surface area contributed by atoms with Gasteiger partial charge in [0.25, 0.3) is 0 Å². The summed E-state index contributed by atoms with van der Waals surface area (Å²) < 4.78 is 0. The van der Waals surface area contributed by atoms with Gasteiger partial charge in [-0.1, -0.05) is 5.16 Å². The highest BCUT2D eigenvalue weighted by Gasteiger charge is 1.70. The summed E-state index contributed by atoms with van der Waals surface area (Å²) in [6, 6.07) is 0. The molecule has 0 unspecified atom stereocenters. The highest BCUT2D eigenvalue weighted by atomic mass is 16.4. The Morgan fingerprint density at radius 2 is 2.50 bits per heavy atom. The SMILES string of the molecule is CC(=N)/C=N\O. The van der Waals surface area contributed by atoms with Gasteiger partial charge in [-0.15, -0.1) is 0 Å². The summed E-state index contributed by atoms with van der Waals surface area (Å²) >= 11 is 0. The average Bonchev–Trinajstić information content (AvgIpc) is 1.35. The van der Waals surface area contributed by atoms with E-state index < -0.39 is 0 Å². The molecule has 0 fully saturated rings. The normalized spacial score (nSPS) is 9.50. The van der Waals surface area contributed by atoms with Crippen LogP contribution >= 0.6 is 0 Å². The van der Waals surface area contributed by atoms with Crippen LogP contribution in [0.4, 0.5) is 0 Å². The molecule has 0 saturated heterocycles. The fraction of sp³-hybridized carbons (Fsp3) is 0.333. The summed E-state index contributed by atoms with van der Waals surface area (Å²) in [6.45, 7) is 1.53. The topological polar surface area (TPSA) is 56.4 Å². The van der Waals surface area contributed by atoms with Gasteiger partial charge in [0.1, 0.15) is 0 Å². The second-order valence-corrected chi connectivity index (χ2v) is 0.928. The van der Waals surface area contributed by atoms with E-state index in [4.69, 9.17) is 10.6 Å². The molecule has 0 aromatic rings. The number of oxime groups is 1. The molecule has 2 N–H and O–H groups in total. The first-order valence-corrected chi connectivity index (χ1v) is 1.50. The van der Waals surface area contributed by atoms with Gasteiger partial charge in [0.15, 0.2) is 0 Å². The van der Waals surface area contributed by atoms with Crippen molar-refractivity contribution in [2.75, 3.05) is 0 Å². The predicted molar refractivity (Wildman–Crippen MR) is 23.7 cm³/mol. The van der Waals surface area contributed by atoms with Gasteiger partial charge in [0.2, 0.25) is 0 Å². The van der Waals surface area contributed by atoms with E-state index in [2.05, 4.69) is 5.16 Å². The second-order valence-electron chi connectivity index (χ2n) is 0.928. The second kappa shape index (κ2) is 2.38. The van der Waals surface area contributed by atoms with E-state index >= 15 is 0 Å². The van der Waals surface area contributed by atoms with Crippen LogP contribution in [0.5, 0.6) is 0 Å². The Hall–Kier alpha value is -0.860. The van der Waals surface area contributed by atoms with Crippen LogP contribution in [0.25, 0.3) is 0 Å². The van der Waals surface area contributed by atoms with Crippen molar-refractivity contribution in [1.82, 2.24) is 0 Å². The largest absolute Gasteiger partial charge is 0.411 e. The monoisotopic (exact) mass is 86.0 g/mol. The third-order valence-corrected chi connectivity index (χ3v) is 0.251. The average molecular weight is 86.1 g/mol. The molecule has 0 aromatic heterocycles. The fourth-order valence-electron chi connectivity index (χ4n) is 0.0866. The smallest absolute Gasteiger partial charge is 0.0866 e. The fourth-order valence-corrected chi connectivity index (χ4v) is 0.0866. The number of rotatable bonds is 1. The van der Waals surface area contributed by atoms with Crippen LogP contribution in [-0.4, -0.2) is 17.1 Å². The van der Waals surface area contributed by atoms with E-state index in [1.165, 1.54) is 6.92 Å². The van der Waals surface area contributed by atoms with Crippen LogP contribution < -0.4 is 0 Å². The molecule has 0 rings (SSSR count). The summed E-state index contributed by atoms with van der Waals surface area (Å²) in [7, 11) is 0. The Bertz CT molecular complexity index is 76.9. The Kier molecular flexibility index (Phi) is 2.04. The van der Waals surface area contributed by atoms with Crippen molar-refractivity contribution in [2.24, 2.45) is 5.16 Å². The van der Waals surface area contributed by atoms with Crippen LogP contribution in [0, 0.1) is 5.41 Å². The van der Waals surface area contributed by atoms with Crippen molar-refractivity contribution in [1.29, 1.82) is 5.41 Å². The molecule has 3 heteroatoms. The van der Waals surface area contributed by atoms with E-state index in [0.717, 1.165) is 6.21 Å². The lowest BCUT2D eigenvalue weighted by Gasteiger charge is -1.71. The van der Waals surface area contributed by atoms with Gasteiger partial charge >= 0.3 is 0 Å². The third-order valence-electron chi connectivity index (χ3n) is 0.251. The summed E-state index contributed by atoms with van der Waals surface area (Å²) in [5.74, 6) is 0. The standard InChI is InChI=1S/C3H6N2O/c1-3(4)2-5-6/h2,4,6H,1H3/b4-3?,5-2-. The lowest BCUT2D eigenvalue weighted by atomic mass is 10.5. The molecule has 3 nitrogen and oxygen atoms in total. The zero-order chi connectivity index (χ0) is 4.99. The minimum Gasteiger partial charge on any atom is -0.411 e. The van der Waals surface area contributed by atoms with Crippen LogP contribution in [0.3, 0.4) is 0 Å². The molecule has 0 atom stereocenters. The molecule has 0 heterocycles. The van der Waals surface area contributed by atoms with Gasteiger partial charge in [-0.2, -0.15) is 0 Å². The molecule has 0 bridgehead atoms. The summed E-state index contributed by atoms with van der Waals surface area (Å²) in [5, 5.41) is 16.8. The van der Waals surface area contributed by atoms with Crippen LogP contribution in [0.2, 0.25) is 0 Å². The first-order valence-electron chi connectivity index (χ1n) is 1.50. The van der Waals surface area contributed by atoms with Gasteiger partial charge in [-0.05, 0) is 6.92 Å². The summed E-state index contributed by atoms with van der Waals surface area (Å²) in [5.41, 5.74) is 0.248. The molecule has 0 aliphatic carbocycles. The molecule has 0 saturated carbocycles. The molecule has 6 heavy (non-hydrogen) atoms. The number of hydrogen-bond acceptors (Lipinski definition) is 3. The van der Waals surface area contributed by atoms with Gasteiger partial charge in [0.05, 0.1) is 6.21 Å². The van der Waals surface area contributed by atoms with Crippen LogP contribution in [0.1, 0.15) is 6.92 Å². The Balaban J connectivity index is 3.30. The van der Waals surface area contributed by atoms with Gasteiger partial charge < -0.3 is 10.6 Å². The lowest BCUT2D eigenvalue weighted by molar-refractivity contribution is 0.322. The highest BCUT2D eigenvalue weighted by Crippen LogP contribution is 1.57. The maximum atomic E-state index is 7.67. The molecule has 34 valence electrons. The van der Waals surface area contributed by atoms with Gasteiger partial charge in [-0.3, -0.25) is 0 Å². The molecular weight excluding hydrogens is 80.0 g/mol. The quantitative estimate of drug-likeness (QED) is 0.272. The molecule has 0 radical (unpaired) electrons. The maximum Gasteiger partial charge on any atom is 0.0866 e. The van der Waals surface area contributed by atoms with Crippen molar-refractivity contribution >= 4 is 11.9 Å². The van der Waals surface area contributed by atoms with E-state index in [1.54, 1.807) is 0 Å². The van der Waals surface area contributed by atoms with Crippen molar-refractivity contribution in [3.05, 3.63) is 0 Å². The first kappa shape index (κ1) is 5.14. The van der Waals surface area contributed by atoms with Crippen molar-refractivity contribution in [3.63, 3.8) is 0 Å². The Labute approximate surface area is 35.8 Å². The number of hydrogen-bond donors (Lipinski definition) is 2. The molecular formula is C3H6N2O. The maximum absolute atomic E-state index is 7.67. The van der Waals surface area contributed by atoms with E-state index in [0.29, 0.717) is 0 Å². The number of nitrogens with zero attached hydrogens (tertiary/aromatic N) is 1. The van der Waals surface area contributed by atoms with Crippen LogP contribution in [-0.2, 0) is 0 Å². The van der Waals surface area contributed by atoms with Crippen molar-refractivity contribution < 1.29 is 5.21 Å². The molecule has 0 spiro atoms. The molecule has 0 aliphatic heterocycles. The Morgan fingerprint density at radius 3 is 2.50 bits per heavy atom. The van der Waals surface area contributed by atoms with E-state index in [-0.39, 0.29) is 5.71 Å². The van der Waals surface area contributed by atoms with Gasteiger partial charge in [0, 0.05) is 5.71 Å². The predicted octanol–water partition coefficient (Wildman–Crippen LogP) is 0.486. The van der Waals surface area contributed by atoms with Crippen molar-refractivity contribution in [2.45, 2.75) is 6.92 Å². The summed E-state index contributed by atoms with van der Waals surface area (Å²) in [4.78, 5) is 0. The lowest BCUT2D eigenvalue weighted by Crippen LogP contribution is -1.85. The van der Waals surface area contributed by atoms with E-state index in [9.17, 15) is 0 Å². The van der Waals surface area contributed by atoms with Gasteiger partial charge in [-0.25, -0.2) is 0 Å². The minimum atomic E-state index is 0.248. The first-order chi connectivity index (χ1) is 2.77. The van der Waals surface area contributed by atoms with Crippen LogP contribution in [0.15, 0.2) is 5.16 Å². The zero-order valence-corrected chi connectivity index (χ0v) is 3.47. The van der Waals surface area contributed by atoms with Crippen molar-refractivity contribution in [3.8, 4) is 0 Å². The molecule has 0 aromatic carbocycles. The Morgan fingerprint density at radius 1 is 2.00 bits per heavy atom. The third kappa shape index (κ3) is 3.14. The molecule has 0 amide bonds. The molecule has 0 aliphatic rings.